The van der Waals surface area contributed by atoms with Crippen molar-refractivity contribution in [1.82, 2.24) is 9.79 Å². The molecule has 0 aliphatic carbocycles. The number of benzene rings is 2. The molecule has 160 valence electrons. The minimum absolute atomic E-state index is 0.00539. The Balaban J connectivity index is 1.57. The number of nitrogens with zero attached hydrogens (tertiary/aromatic N) is 1. The SMILES string of the molecule is COC(=O)c1ccccc1S(=O)(=O)N1CCC(C(=O)NOCc2ccccc2)CC1. The molecule has 0 atom stereocenters. The zero-order valence-corrected chi connectivity index (χ0v) is 17.4. The highest BCUT2D eigenvalue weighted by Gasteiger charge is 2.34. The van der Waals surface area contributed by atoms with Gasteiger partial charge in [0, 0.05) is 19.0 Å². The fraction of sp³-hybridized carbons (Fsp3) is 0.333. The summed E-state index contributed by atoms with van der Waals surface area (Å²) >= 11 is 0. The number of piperidine rings is 1. The highest BCUT2D eigenvalue weighted by molar-refractivity contribution is 7.89. The van der Waals surface area contributed by atoms with Crippen LogP contribution in [-0.2, 0) is 31.0 Å². The normalized spacial score (nSPS) is 15.5. The van der Waals surface area contributed by atoms with Crippen molar-refractivity contribution in [2.75, 3.05) is 20.2 Å². The van der Waals surface area contributed by atoms with E-state index in [1.807, 2.05) is 30.3 Å². The first-order chi connectivity index (χ1) is 14.4. The molecule has 1 aliphatic heterocycles. The molecule has 1 aliphatic rings. The summed E-state index contributed by atoms with van der Waals surface area (Å²) in [5.41, 5.74) is 3.38. The van der Waals surface area contributed by atoms with Crippen LogP contribution in [0.5, 0.6) is 0 Å². The van der Waals surface area contributed by atoms with Crippen molar-refractivity contribution in [3.8, 4) is 0 Å². The van der Waals surface area contributed by atoms with Gasteiger partial charge in [0.15, 0.2) is 0 Å². The molecule has 2 aromatic rings. The molecule has 0 aromatic heterocycles. The quantitative estimate of drug-likeness (QED) is 0.531. The number of methoxy groups -OCH3 is 1. The smallest absolute Gasteiger partial charge is 0.339 e. The van der Waals surface area contributed by atoms with E-state index in [2.05, 4.69) is 10.2 Å². The predicted octanol–water partition coefficient (Wildman–Crippen LogP) is 2.12. The number of carbonyl (C=O) groups excluding carboxylic acids is 2. The van der Waals surface area contributed by atoms with Crippen molar-refractivity contribution in [3.63, 3.8) is 0 Å². The van der Waals surface area contributed by atoms with Crippen LogP contribution in [0.15, 0.2) is 59.5 Å². The molecule has 0 radical (unpaired) electrons. The fourth-order valence-electron chi connectivity index (χ4n) is 3.32. The number of carbonyl (C=O) groups is 2. The van der Waals surface area contributed by atoms with Crippen LogP contribution >= 0.6 is 0 Å². The number of nitrogens with one attached hydrogen (secondary N) is 1. The standard InChI is InChI=1S/C21H24N2O6S/c1-28-21(25)18-9-5-6-10-19(18)30(26,27)23-13-11-17(12-14-23)20(24)22-29-15-16-7-3-2-4-8-16/h2-10,17H,11-15H2,1H3,(H,22,24). The molecular weight excluding hydrogens is 408 g/mol. The lowest BCUT2D eigenvalue weighted by atomic mass is 9.98. The van der Waals surface area contributed by atoms with Gasteiger partial charge in [-0.15, -0.1) is 0 Å². The minimum atomic E-state index is -3.88. The number of hydrogen-bond acceptors (Lipinski definition) is 6. The lowest BCUT2D eigenvalue weighted by Gasteiger charge is -2.30. The van der Waals surface area contributed by atoms with Crippen molar-refractivity contribution < 1.29 is 27.6 Å². The first-order valence-electron chi connectivity index (χ1n) is 9.56. The number of esters is 1. The zero-order valence-electron chi connectivity index (χ0n) is 16.6. The Morgan fingerprint density at radius 3 is 2.33 bits per heavy atom. The molecule has 0 unspecified atom stereocenters. The van der Waals surface area contributed by atoms with Gasteiger partial charge in [-0.3, -0.25) is 9.63 Å². The lowest BCUT2D eigenvalue weighted by molar-refractivity contribution is -0.140. The second-order valence-corrected chi connectivity index (χ2v) is 8.81. The van der Waals surface area contributed by atoms with E-state index in [1.54, 1.807) is 12.1 Å². The van der Waals surface area contributed by atoms with Crippen LogP contribution in [0.3, 0.4) is 0 Å². The second-order valence-electron chi connectivity index (χ2n) is 6.91. The van der Waals surface area contributed by atoms with Gasteiger partial charge in [-0.1, -0.05) is 42.5 Å². The Morgan fingerprint density at radius 1 is 1.03 bits per heavy atom. The maximum Gasteiger partial charge on any atom is 0.339 e. The molecule has 8 nitrogen and oxygen atoms in total. The number of amides is 1. The lowest BCUT2D eigenvalue weighted by Crippen LogP contribution is -2.43. The maximum atomic E-state index is 13.0. The summed E-state index contributed by atoms with van der Waals surface area (Å²) in [7, 11) is -2.68. The second kappa shape index (κ2) is 9.84. The number of rotatable bonds is 7. The molecule has 1 saturated heterocycles. The molecule has 30 heavy (non-hydrogen) atoms. The Morgan fingerprint density at radius 2 is 1.67 bits per heavy atom. The Hall–Kier alpha value is -2.75. The molecule has 0 saturated carbocycles. The number of ether oxygens (including phenoxy) is 1. The molecule has 2 aromatic carbocycles. The van der Waals surface area contributed by atoms with Crippen molar-refractivity contribution in [2.24, 2.45) is 5.92 Å². The molecule has 1 heterocycles. The van der Waals surface area contributed by atoms with E-state index in [0.29, 0.717) is 12.8 Å². The maximum absolute atomic E-state index is 13.0. The highest BCUT2D eigenvalue weighted by atomic mass is 32.2. The average Bonchev–Trinajstić information content (AvgIpc) is 2.79. The Labute approximate surface area is 175 Å². The Kier molecular flexibility index (Phi) is 7.20. The van der Waals surface area contributed by atoms with Crippen LogP contribution in [0, 0.1) is 5.92 Å². The van der Waals surface area contributed by atoms with Gasteiger partial charge in [-0.25, -0.2) is 18.7 Å². The molecular formula is C21H24N2O6S. The van der Waals surface area contributed by atoms with Gasteiger partial charge in [0.25, 0.3) is 0 Å². The predicted molar refractivity (Wildman–Crippen MR) is 109 cm³/mol. The van der Waals surface area contributed by atoms with Crippen LogP contribution < -0.4 is 5.48 Å². The first-order valence-corrected chi connectivity index (χ1v) is 11.0. The summed E-state index contributed by atoms with van der Waals surface area (Å²) in [5.74, 6) is -1.32. The van der Waals surface area contributed by atoms with Crippen molar-refractivity contribution >= 4 is 21.9 Å². The molecule has 0 bridgehead atoms. The largest absolute Gasteiger partial charge is 0.465 e. The molecule has 1 fully saturated rings. The zero-order chi connectivity index (χ0) is 21.6. The molecule has 0 spiro atoms. The Bertz CT molecular complexity index is 986. The molecule has 3 rings (SSSR count). The summed E-state index contributed by atoms with van der Waals surface area (Å²) in [4.78, 5) is 29.4. The van der Waals surface area contributed by atoms with Crippen LogP contribution in [0.25, 0.3) is 0 Å². The summed E-state index contributed by atoms with van der Waals surface area (Å²) in [6.07, 6.45) is 0.723. The monoisotopic (exact) mass is 432 g/mol. The summed E-state index contributed by atoms with van der Waals surface area (Å²) < 4.78 is 32.0. The van der Waals surface area contributed by atoms with Gasteiger partial charge in [-0.2, -0.15) is 4.31 Å². The van der Waals surface area contributed by atoms with Crippen LogP contribution in [0.1, 0.15) is 28.8 Å². The third kappa shape index (κ3) is 5.05. The van der Waals surface area contributed by atoms with E-state index in [-0.39, 0.29) is 42.0 Å². The average molecular weight is 432 g/mol. The van der Waals surface area contributed by atoms with E-state index >= 15 is 0 Å². The molecule has 1 amide bonds. The minimum Gasteiger partial charge on any atom is -0.465 e. The van der Waals surface area contributed by atoms with Crippen LogP contribution in [0.2, 0.25) is 0 Å². The van der Waals surface area contributed by atoms with Crippen molar-refractivity contribution in [3.05, 3.63) is 65.7 Å². The van der Waals surface area contributed by atoms with E-state index in [0.717, 1.165) is 5.56 Å². The van der Waals surface area contributed by atoms with Gasteiger partial charge in [0.2, 0.25) is 15.9 Å². The number of hydroxylamine groups is 1. The van der Waals surface area contributed by atoms with E-state index in [9.17, 15) is 18.0 Å². The summed E-state index contributed by atoms with van der Waals surface area (Å²) in [5, 5.41) is 0. The van der Waals surface area contributed by atoms with Crippen LogP contribution in [0.4, 0.5) is 0 Å². The van der Waals surface area contributed by atoms with Gasteiger partial charge in [-0.05, 0) is 30.5 Å². The first kappa shape index (κ1) is 21.9. The number of hydrogen-bond donors (Lipinski definition) is 1. The fourth-order valence-corrected chi connectivity index (χ4v) is 4.97. The van der Waals surface area contributed by atoms with E-state index in [1.165, 1.54) is 23.5 Å². The summed E-state index contributed by atoms with van der Waals surface area (Å²) in [6, 6.07) is 15.4. The van der Waals surface area contributed by atoms with Crippen molar-refractivity contribution in [1.29, 1.82) is 0 Å². The third-order valence-electron chi connectivity index (χ3n) is 4.99. The van der Waals surface area contributed by atoms with E-state index < -0.39 is 16.0 Å². The van der Waals surface area contributed by atoms with Gasteiger partial charge in [0.1, 0.15) is 0 Å². The molecule has 9 heteroatoms. The van der Waals surface area contributed by atoms with Gasteiger partial charge >= 0.3 is 5.97 Å². The topological polar surface area (TPSA) is 102 Å². The van der Waals surface area contributed by atoms with Crippen LogP contribution in [-0.4, -0.2) is 44.8 Å². The third-order valence-corrected chi connectivity index (χ3v) is 6.95. The van der Waals surface area contributed by atoms with Gasteiger partial charge < -0.3 is 4.74 Å². The number of sulfonamides is 1. The van der Waals surface area contributed by atoms with Gasteiger partial charge in [0.05, 0.1) is 24.2 Å². The summed E-state index contributed by atoms with van der Waals surface area (Å²) in [6.45, 7) is 0.605. The highest BCUT2D eigenvalue weighted by Crippen LogP contribution is 2.26. The molecule has 1 N–H and O–H groups in total. The van der Waals surface area contributed by atoms with Crippen molar-refractivity contribution in [2.45, 2.75) is 24.3 Å². The van der Waals surface area contributed by atoms with E-state index in [4.69, 9.17) is 4.84 Å².